The number of rotatable bonds is 1. The maximum absolute atomic E-state index is 11.8. The van der Waals surface area contributed by atoms with Gasteiger partial charge < -0.3 is 15.4 Å². The highest BCUT2D eigenvalue weighted by molar-refractivity contribution is 5.87. The van der Waals surface area contributed by atoms with E-state index in [1.54, 1.807) is 26.8 Å². The van der Waals surface area contributed by atoms with Crippen LogP contribution < -0.4 is 10.6 Å². The molecular formula is C13H20N2O3. The van der Waals surface area contributed by atoms with Crippen LogP contribution in [0.4, 0.5) is 4.79 Å². The highest BCUT2D eigenvalue weighted by Crippen LogP contribution is 2.09. The van der Waals surface area contributed by atoms with Gasteiger partial charge in [-0.05, 0) is 39.7 Å². The third-order valence-electron chi connectivity index (χ3n) is 2.23. The monoisotopic (exact) mass is 252 g/mol. The number of alkyl carbamates (subject to hydrolysis) is 1. The van der Waals surface area contributed by atoms with Crippen molar-refractivity contribution in [2.24, 2.45) is 0 Å². The molecule has 0 unspecified atom stereocenters. The molecule has 0 radical (unpaired) electrons. The van der Waals surface area contributed by atoms with E-state index in [0.29, 0.717) is 18.5 Å². The molecule has 100 valence electrons. The van der Waals surface area contributed by atoms with Crippen molar-refractivity contribution in [1.29, 1.82) is 0 Å². The molecule has 0 bridgehead atoms. The summed E-state index contributed by atoms with van der Waals surface area (Å²) in [5.41, 5.74) is -0.0539. The Morgan fingerprint density at radius 2 is 2.22 bits per heavy atom. The van der Waals surface area contributed by atoms with Crippen LogP contribution in [0.3, 0.4) is 0 Å². The van der Waals surface area contributed by atoms with Gasteiger partial charge in [0.2, 0.25) is 5.91 Å². The normalized spacial score (nSPS) is 22.5. The molecular weight excluding hydrogens is 232 g/mol. The molecule has 1 aliphatic rings. The van der Waals surface area contributed by atoms with Crippen molar-refractivity contribution < 1.29 is 14.3 Å². The summed E-state index contributed by atoms with van der Waals surface area (Å²) in [5, 5.41) is 5.17. The highest BCUT2D eigenvalue weighted by atomic mass is 16.6. The second-order valence-electron chi connectivity index (χ2n) is 5.19. The minimum absolute atomic E-state index is 0.268. The molecule has 1 rings (SSSR count). The summed E-state index contributed by atoms with van der Waals surface area (Å²) in [6.07, 6.45) is 4.31. The average molecular weight is 252 g/mol. The lowest BCUT2D eigenvalue weighted by atomic mass is 10.1. The first-order valence-corrected chi connectivity index (χ1v) is 5.94. The molecule has 0 aromatic carbocycles. The second-order valence-corrected chi connectivity index (χ2v) is 5.19. The van der Waals surface area contributed by atoms with Crippen molar-refractivity contribution >= 4 is 12.0 Å². The van der Waals surface area contributed by atoms with E-state index in [4.69, 9.17) is 4.74 Å². The predicted octanol–water partition coefficient (Wildman–Crippen LogP) is 1.86. The van der Waals surface area contributed by atoms with Crippen LogP contribution in [-0.2, 0) is 9.53 Å². The largest absolute Gasteiger partial charge is 0.444 e. The minimum atomic E-state index is -0.596. The van der Waals surface area contributed by atoms with Crippen LogP contribution >= 0.6 is 0 Å². The van der Waals surface area contributed by atoms with E-state index in [1.165, 1.54) is 0 Å². The van der Waals surface area contributed by atoms with Gasteiger partial charge in [-0.2, -0.15) is 0 Å². The summed E-state index contributed by atoms with van der Waals surface area (Å²) < 4.78 is 5.12. The number of hydrogen-bond acceptors (Lipinski definition) is 3. The molecule has 5 heteroatoms. The third kappa shape index (κ3) is 5.03. The first-order chi connectivity index (χ1) is 8.28. The van der Waals surface area contributed by atoms with E-state index >= 15 is 0 Å². The molecule has 2 N–H and O–H groups in total. The molecule has 0 aromatic rings. The molecule has 0 fully saturated rings. The SMILES string of the molecule is C=C1/C=C\CC[C@@H](NC(=O)OC(C)(C)C)C(=O)N1. The molecule has 1 aliphatic heterocycles. The zero-order valence-electron chi connectivity index (χ0n) is 11.1. The Morgan fingerprint density at radius 1 is 1.56 bits per heavy atom. The Bertz CT molecular complexity index is 380. The molecule has 0 aliphatic carbocycles. The molecule has 2 amide bonds. The molecule has 1 atom stereocenters. The summed E-state index contributed by atoms with van der Waals surface area (Å²) in [5.74, 6) is -0.268. The molecule has 1 heterocycles. The van der Waals surface area contributed by atoms with Crippen LogP contribution in [0.1, 0.15) is 33.6 Å². The fourth-order valence-electron chi connectivity index (χ4n) is 1.49. The number of amides is 2. The van der Waals surface area contributed by atoms with Gasteiger partial charge in [0, 0.05) is 5.70 Å². The lowest BCUT2D eigenvalue weighted by molar-refractivity contribution is -0.122. The molecule has 0 spiro atoms. The molecule has 18 heavy (non-hydrogen) atoms. The van der Waals surface area contributed by atoms with Crippen molar-refractivity contribution in [1.82, 2.24) is 10.6 Å². The van der Waals surface area contributed by atoms with Crippen LogP contribution in [0.25, 0.3) is 0 Å². The van der Waals surface area contributed by atoms with E-state index in [9.17, 15) is 9.59 Å². The summed E-state index contributed by atoms with van der Waals surface area (Å²) >= 11 is 0. The number of hydrogen-bond donors (Lipinski definition) is 2. The molecule has 0 saturated heterocycles. The van der Waals surface area contributed by atoms with Gasteiger partial charge in [-0.3, -0.25) is 4.79 Å². The minimum Gasteiger partial charge on any atom is -0.444 e. The zero-order valence-corrected chi connectivity index (χ0v) is 11.1. The van der Waals surface area contributed by atoms with Gasteiger partial charge in [-0.1, -0.05) is 12.7 Å². The van der Waals surface area contributed by atoms with Gasteiger partial charge >= 0.3 is 6.09 Å². The molecule has 0 aromatic heterocycles. The Labute approximate surface area is 107 Å². The molecule has 5 nitrogen and oxygen atoms in total. The Hall–Kier alpha value is -1.78. The van der Waals surface area contributed by atoms with Gasteiger partial charge in [0.1, 0.15) is 11.6 Å². The van der Waals surface area contributed by atoms with Gasteiger partial charge in [0.05, 0.1) is 0 Å². The molecule has 0 saturated carbocycles. The van der Waals surface area contributed by atoms with Crippen molar-refractivity contribution in [3.8, 4) is 0 Å². The Kier molecular flexibility index (Phi) is 4.53. The van der Waals surface area contributed by atoms with Crippen molar-refractivity contribution in [3.05, 3.63) is 24.4 Å². The standard InChI is InChI=1S/C13H20N2O3/c1-9-7-5-6-8-10(11(16)14-9)15-12(17)18-13(2,3)4/h5,7,10H,1,6,8H2,2-4H3,(H,14,16)(H,15,17)/b7-5-/t10-/m1/s1. The number of carbonyl (C=O) groups is 2. The topological polar surface area (TPSA) is 67.4 Å². The average Bonchev–Trinajstić information content (AvgIpc) is 2.17. The maximum atomic E-state index is 11.8. The number of allylic oxidation sites excluding steroid dienone is 2. The van der Waals surface area contributed by atoms with Crippen molar-refractivity contribution in [2.75, 3.05) is 0 Å². The van der Waals surface area contributed by atoms with Gasteiger partial charge in [-0.25, -0.2) is 4.79 Å². The maximum Gasteiger partial charge on any atom is 0.408 e. The second kappa shape index (κ2) is 5.71. The van der Waals surface area contributed by atoms with E-state index < -0.39 is 17.7 Å². The van der Waals surface area contributed by atoms with Gasteiger partial charge in [0.25, 0.3) is 0 Å². The van der Waals surface area contributed by atoms with Crippen molar-refractivity contribution in [3.63, 3.8) is 0 Å². The smallest absolute Gasteiger partial charge is 0.408 e. The fourth-order valence-corrected chi connectivity index (χ4v) is 1.49. The van der Waals surface area contributed by atoms with Gasteiger partial charge in [0.15, 0.2) is 0 Å². The quantitative estimate of drug-likeness (QED) is 0.748. The van der Waals surface area contributed by atoms with Crippen LogP contribution in [0.2, 0.25) is 0 Å². The van der Waals surface area contributed by atoms with E-state index in [-0.39, 0.29) is 5.91 Å². The summed E-state index contributed by atoms with van der Waals surface area (Å²) in [6, 6.07) is -0.596. The van der Waals surface area contributed by atoms with Crippen LogP contribution in [0.15, 0.2) is 24.4 Å². The third-order valence-corrected chi connectivity index (χ3v) is 2.23. The van der Waals surface area contributed by atoms with Crippen LogP contribution in [-0.4, -0.2) is 23.6 Å². The summed E-state index contributed by atoms with van der Waals surface area (Å²) in [4.78, 5) is 23.4. The van der Waals surface area contributed by atoms with Crippen LogP contribution in [0.5, 0.6) is 0 Å². The number of nitrogens with one attached hydrogen (secondary N) is 2. The lowest BCUT2D eigenvalue weighted by Crippen LogP contribution is -2.48. The van der Waals surface area contributed by atoms with Gasteiger partial charge in [-0.15, -0.1) is 0 Å². The lowest BCUT2D eigenvalue weighted by Gasteiger charge is -2.23. The Balaban J connectivity index is 2.59. The van der Waals surface area contributed by atoms with Crippen molar-refractivity contribution in [2.45, 2.75) is 45.3 Å². The van der Waals surface area contributed by atoms with E-state index in [0.717, 1.165) is 0 Å². The highest BCUT2D eigenvalue weighted by Gasteiger charge is 2.24. The predicted molar refractivity (Wildman–Crippen MR) is 68.8 cm³/mol. The fraction of sp³-hybridized carbons (Fsp3) is 0.538. The van der Waals surface area contributed by atoms with E-state index in [1.807, 2.05) is 6.08 Å². The first-order valence-electron chi connectivity index (χ1n) is 5.94. The summed E-state index contributed by atoms with van der Waals surface area (Å²) in [7, 11) is 0. The zero-order chi connectivity index (χ0) is 13.8. The summed E-state index contributed by atoms with van der Waals surface area (Å²) in [6.45, 7) is 9.00. The number of carbonyl (C=O) groups excluding carboxylic acids is 2. The Morgan fingerprint density at radius 3 is 2.83 bits per heavy atom. The van der Waals surface area contributed by atoms with E-state index in [2.05, 4.69) is 17.2 Å². The first kappa shape index (κ1) is 14.3. The number of ether oxygens (including phenoxy) is 1. The van der Waals surface area contributed by atoms with Crippen LogP contribution in [0, 0.1) is 0 Å².